The number of hydrogen-bond acceptors (Lipinski definition) is 16. The molecule has 1 aliphatic carbocycles. The minimum Gasteiger partial charge on any atom is -0.493 e. The molecule has 0 aliphatic heterocycles. The second kappa shape index (κ2) is 43.2. The van der Waals surface area contributed by atoms with E-state index >= 15 is 0 Å². The molecular formula is C100H107N3O16Si. The number of nitrogens with one attached hydrogen (secondary N) is 2. The van der Waals surface area contributed by atoms with Crippen LogP contribution in [0.3, 0.4) is 0 Å². The van der Waals surface area contributed by atoms with Crippen molar-refractivity contribution in [2.24, 2.45) is 11.1 Å². The minimum atomic E-state index is -2.75. The van der Waals surface area contributed by atoms with Crippen LogP contribution in [0.5, 0.6) is 11.5 Å². The van der Waals surface area contributed by atoms with E-state index in [0.717, 1.165) is 77.9 Å². The quantitative estimate of drug-likeness (QED) is 0.0106. The van der Waals surface area contributed by atoms with E-state index in [9.17, 15) is 24.0 Å². The molecule has 0 radical (unpaired) electrons. The van der Waals surface area contributed by atoms with Gasteiger partial charge in [-0.2, -0.15) is 0 Å². The number of esters is 2. The second-order valence-corrected chi connectivity index (χ2v) is 35.4. The number of methoxy groups -OCH3 is 2. The number of primary amides is 1. The van der Waals surface area contributed by atoms with Crippen molar-refractivity contribution < 1.29 is 75.8 Å². The molecule has 1 unspecified atom stereocenters. The highest BCUT2D eigenvalue weighted by molar-refractivity contribution is 6.99. The van der Waals surface area contributed by atoms with Crippen LogP contribution in [0.4, 0.5) is 4.79 Å². The van der Waals surface area contributed by atoms with E-state index in [1.165, 1.54) is 10.4 Å². The van der Waals surface area contributed by atoms with E-state index < -0.39 is 61.8 Å². The molecule has 0 saturated carbocycles. The van der Waals surface area contributed by atoms with Crippen molar-refractivity contribution >= 4 is 48.5 Å². The van der Waals surface area contributed by atoms with E-state index in [1.54, 1.807) is 14.2 Å². The van der Waals surface area contributed by atoms with Gasteiger partial charge in [0, 0.05) is 25.4 Å². The van der Waals surface area contributed by atoms with Gasteiger partial charge in [-0.1, -0.05) is 300 Å². The number of alkyl carbamates (subject to hydrolysis) is 1. The Bertz CT molecular complexity index is 4900. The lowest BCUT2D eigenvalue weighted by Gasteiger charge is -2.43. The Hall–Kier alpha value is -11.9. The molecule has 2 atom stereocenters. The molecule has 20 heteroatoms. The Labute approximate surface area is 704 Å². The molecule has 0 aromatic heterocycles. The van der Waals surface area contributed by atoms with Crippen LogP contribution in [-0.4, -0.2) is 124 Å². The standard InChI is InChI=1S/C100H107N3O16Si/c1-98(2,3)120(83-31-17-9-18-32-83,84-33-19-10-20-34-84)119-60-57-75-43-49-78(50-44-75)65-114-71-99(72-117-94(105)54-53-93(101)104,69-112-63-76-45-39-73(40-46-76)55-58-111-66-79-51-52-91(109-4)92(61-79)110-5)70-113-64-77-47-41-74(42-48-77)56-59-115-95(106)62-102-96(107)90(103-97(108)116-67-89-87-37-23-21-35-85(87)86-36-22-24-38-88(86)89)68-118-100(80-25-11-6-12-26-80,81-27-13-7-14-28-81)82-29-15-8-16-30-82/h6-52,61,89-90H,53-60,62-72H2,1-5H3,(H2,101,104)(H,102,107)(H,103,108)/t90-,99?/m0/s1. The summed E-state index contributed by atoms with van der Waals surface area (Å²) >= 11 is 0. The Morgan fingerprint density at radius 2 is 0.850 bits per heavy atom. The van der Waals surface area contributed by atoms with Crippen LogP contribution in [0.2, 0.25) is 5.04 Å². The monoisotopic (exact) mass is 1630 g/mol. The van der Waals surface area contributed by atoms with Crippen molar-refractivity contribution in [3.63, 3.8) is 0 Å². The molecule has 19 nitrogen and oxygen atoms in total. The number of rotatable bonds is 45. The number of carbonyl (C=O) groups is 5. The molecular weight excluding hydrogens is 1530 g/mol. The number of hydrogen-bond donors (Lipinski definition) is 3. The molecule has 3 amide bonds. The molecule has 11 aromatic rings. The van der Waals surface area contributed by atoms with Gasteiger partial charge >= 0.3 is 18.0 Å². The Kier molecular flexibility index (Phi) is 31.5. The third kappa shape index (κ3) is 23.4. The van der Waals surface area contributed by atoms with Crippen LogP contribution < -0.4 is 36.2 Å². The fourth-order valence-electron chi connectivity index (χ4n) is 15.3. The third-order valence-electron chi connectivity index (χ3n) is 21.6. The van der Waals surface area contributed by atoms with E-state index in [4.69, 9.17) is 57.5 Å². The summed E-state index contributed by atoms with van der Waals surface area (Å²) in [7, 11) is 0.465. The van der Waals surface area contributed by atoms with Gasteiger partial charge in [0.25, 0.3) is 8.32 Å². The zero-order valence-electron chi connectivity index (χ0n) is 68.9. The first-order valence-corrected chi connectivity index (χ1v) is 42.7. The van der Waals surface area contributed by atoms with E-state index in [-0.39, 0.29) is 89.9 Å². The SMILES string of the molecule is COc1ccc(COCCc2ccc(COCC(COCc3ccc(CCOC(=O)CNC(=O)[C@H](COC(c4ccccc4)(c4ccccc4)c4ccccc4)NC(=O)OCC4c5ccccc5-c5ccccc54)cc3)(COCc3ccc(CCO[Si](c4ccccc4)(c4ccccc4)C(C)(C)C)cc3)COC(=O)CCC(N)=O)cc2)cc1OC. The maximum atomic E-state index is 14.5. The van der Waals surface area contributed by atoms with Gasteiger partial charge in [0.2, 0.25) is 11.8 Å². The zero-order valence-corrected chi connectivity index (χ0v) is 69.9. The van der Waals surface area contributed by atoms with Crippen molar-refractivity contribution in [1.82, 2.24) is 10.6 Å². The van der Waals surface area contributed by atoms with Crippen LogP contribution in [-0.2, 0) is 113 Å². The molecule has 0 heterocycles. The van der Waals surface area contributed by atoms with Crippen molar-refractivity contribution in [2.45, 2.75) is 102 Å². The van der Waals surface area contributed by atoms with Gasteiger partial charge in [-0.25, -0.2) is 4.79 Å². The summed E-state index contributed by atoms with van der Waals surface area (Å²) in [6, 6.07) is 94.8. The molecule has 1 aliphatic rings. The number of carbonyl (C=O) groups excluding carboxylic acids is 5. The zero-order chi connectivity index (χ0) is 84.0. The van der Waals surface area contributed by atoms with Crippen molar-refractivity contribution in [2.75, 3.05) is 80.2 Å². The molecule has 0 fully saturated rings. The van der Waals surface area contributed by atoms with Gasteiger partial charge in [-0.15, -0.1) is 0 Å². The average Bonchev–Trinajstić information content (AvgIpc) is 1.08. The molecule has 120 heavy (non-hydrogen) atoms. The summed E-state index contributed by atoms with van der Waals surface area (Å²) in [6.45, 7) is 8.00. The van der Waals surface area contributed by atoms with E-state index in [1.807, 2.05) is 206 Å². The summed E-state index contributed by atoms with van der Waals surface area (Å²) in [4.78, 5) is 67.5. The smallest absolute Gasteiger partial charge is 0.407 e. The summed E-state index contributed by atoms with van der Waals surface area (Å²) in [5, 5.41) is 7.79. The Balaban J connectivity index is 0.686. The summed E-state index contributed by atoms with van der Waals surface area (Å²) in [5.74, 6) is -1.57. The highest BCUT2D eigenvalue weighted by atomic mass is 28.4. The lowest BCUT2D eigenvalue weighted by molar-refractivity contribution is -0.158. The largest absolute Gasteiger partial charge is 0.493 e. The van der Waals surface area contributed by atoms with Gasteiger partial charge < -0.3 is 68.2 Å². The topological polar surface area (TPSA) is 237 Å². The van der Waals surface area contributed by atoms with Crippen LogP contribution in [0.15, 0.2) is 291 Å². The first kappa shape index (κ1) is 87.5. The first-order chi connectivity index (χ1) is 58.4. The van der Waals surface area contributed by atoms with Crippen LogP contribution >= 0.6 is 0 Å². The highest BCUT2D eigenvalue weighted by Crippen LogP contribution is 2.45. The van der Waals surface area contributed by atoms with Crippen LogP contribution in [0, 0.1) is 5.41 Å². The second-order valence-electron chi connectivity index (χ2n) is 31.1. The van der Waals surface area contributed by atoms with Gasteiger partial charge in [-0.3, -0.25) is 19.2 Å². The van der Waals surface area contributed by atoms with E-state index in [0.29, 0.717) is 50.6 Å². The number of nitrogens with two attached hydrogens (primary N) is 1. The Morgan fingerprint density at radius 3 is 1.32 bits per heavy atom. The minimum absolute atomic E-state index is 0.000208. The number of ether oxygens (including phenoxy) is 10. The van der Waals surface area contributed by atoms with Gasteiger partial charge in [0.15, 0.2) is 11.5 Å². The lowest BCUT2D eigenvalue weighted by Crippen LogP contribution is -2.66. The molecule has 622 valence electrons. The summed E-state index contributed by atoms with van der Waals surface area (Å²) in [5.41, 5.74) is 16.4. The maximum Gasteiger partial charge on any atom is 0.407 e. The summed E-state index contributed by atoms with van der Waals surface area (Å²) in [6.07, 6.45) is 0.502. The molecule has 0 saturated heterocycles. The molecule has 11 aromatic carbocycles. The number of fused-ring (bicyclic) bond motifs is 3. The molecule has 0 spiro atoms. The third-order valence-corrected chi connectivity index (χ3v) is 26.7. The van der Waals surface area contributed by atoms with Crippen LogP contribution in [0.25, 0.3) is 11.1 Å². The fourth-order valence-corrected chi connectivity index (χ4v) is 19.9. The first-order valence-electron chi connectivity index (χ1n) is 40.7. The normalized spacial score (nSPS) is 12.7. The predicted molar refractivity (Wildman–Crippen MR) is 465 cm³/mol. The molecule has 4 N–H and O–H groups in total. The molecule has 12 rings (SSSR count). The predicted octanol–water partition coefficient (Wildman–Crippen LogP) is 15.4. The maximum absolute atomic E-state index is 14.5. The Morgan fingerprint density at radius 1 is 0.425 bits per heavy atom. The number of amides is 3. The summed E-state index contributed by atoms with van der Waals surface area (Å²) < 4.78 is 68.6. The van der Waals surface area contributed by atoms with Gasteiger partial charge in [0.1, 0.15) is 31.4 Å². The average molecular weight is 1640 g/mol. The van der Waals surface area contributed by atoms with Crippen molar-refractivity contribution in [3.8, 4) is 22.6 Å². The molecule has 0 bridgehead atoms. The van der Waals surface area contributed by atoms with Gasteiger partial charge in [0.05, 0.1) is 92.1 Å². The van der Waals surface area contributed by atoms with Gasteiger partial charge in [-0.05, 0) is 118 Å². The van der Waals surface area contributed by atoms with Crippen molar-refractivity contribution in [1.29, 1.82) is 0 Å². The van der Waals surface area contributed by atoms with E-state index in [2.05, 4.69) is 116 Å². The van der Waals surface area contributed by atoms with Crippen molar-refractivity contribution in [3.05, 3.63) is 358 Å². The number of benzene rings is 11. The highest BCUT2D eigenvalue weighted by Gasteiger charge is 2.50. The van der Waals surface area contributed by atoms with Crippen LogP contribution in [0.1, 0.15) is 106 Å². The fraction of sp³-hybridized carbons (Fsp3) is 0.290. The lowest BCUT2D eigenvalue weighted by atomic mass is 9.80.